The zero-order chi connectivity index (χ0) is 72.3. The number of hydrogen-bond donors (Lipinski definition) is 5. The Labute approximate surface area is 606 Å². The predicted octanol–water partition coefficient (Wildman–Crippen LogP) is 9.88. The number of ether oxygens (including phenoxy) is 3. The number of carbonyl (C=O) groups excluding carboxylic acids is 7. The number of aromatic amines is 2. The molecule has 5 aliphatic carbocycles. The van der Waals surface area contributed by atoms with E-state index in [0.717, 1.165) is 103 Å². The Kier molecular flexibility index (Phi) is 24.5. The molecule has 7 aromatic rings. The Bertz CT molecular complexity index is 4010. The van der Waals surface area contributed by atoms with Crippen molar-refractivity contribution in [1.82, 2.24) is 60.1 Å². The Morgan fingerprint density at radius 1 is 0.534 bits per heavy atom. The third-order valence-electron chi connectivity index (χ3n) is 23.5. The topological polar surface area (TPSA) is 291 Å². The minimum absolute atomic E-state index is 0.0897. The maximum absolute atomic E-state index is 12.2. The molecule has 15 atom stereocenters. The molecule has 0 bridgehead atoms. The molecular weight excluding hydrogens is 1330 g/mol. The minimum Gasteiger partial charge on any atom is -0.445 e. The molecule has 9 heterocycles. The van der Waals surface area contributed by atoms with Gasteiger partial charge < -0.3 is 64.4 Å². The summed E-state index contributed by atoms with van der Waals surface area (Å²) in [5, 5.41) is 18.2. The summed E-state index contributed by atoms with van der Waals surface area (Å²) in [6.45, 7) is 15.2. The molecule has 10 fully saturated rings. The van der Waals surface area contributed by atoms with Crippen molar-refractivity contribution in [3.8, 4) is 0 Å². The first-order valence-corrected chi connectivity index (χ1v) is 36.9. The van der Waals surface area contributed by atoms with Gasteiger partial charge in [-0.2, -0.15) is 0 Å². The van der Waals surface area contributed by atoms with Gasteiger partial charge in [-0.15, -0.1) is 0 Å². The van der Waals surface area contributed by atoms with E-state index >= 15 is 0 Å². The lowest BCUT2D eigenvalue weighted by atomic mass is 9.93. The van der Waals surface area contributed by atoms with Crippen molar-refractivity contribution >= 4 is 81.0 Å². The van der Waals surface area contributed by atoms with E-state index in [1.165, 1.54) is 12.7 Å². The van der Waals surface area contributed by atoms with Crippen molar-refractivity contribution in [2.75, 3.05) is 91.0 Å². The molecule has 103 heavy (non-hydrogen) atoms. The second kappa shape index (κ2) is 34.2. The van der Waals surface area contributed by atoms with Crippen LogP contribution in [0, 0.1) is 76.9 Å². The van der Waals surface area contributed by atoms with E-state index in [1.807, 2.05) is 133 Å². The molecule has 0 unspecified atom stereocenters. The number of Topliss-reactive ketones (excluding diaryl/α,β-unsaturated/α-hetero) is 3. The maximum Gasteiger partial charge on any atom is 0.410 e. The lowest BCUT2D eigenvalue weighted by Crippen LogP contribution is -2.39. The fourth-order valence-corrected chi connectivity index (χ4v) is 17.9. The molecule has 0 radical (unpaired) electrons. The number of amides is 4. The zero-order valence-electron chi connectivity index (χ0n) is 59.6. The van der Waals surface area contributed by atoms with Crippen LogP contribution in [0.1, 0.15) is 82.4 Å². The molecule has 24 nitrogen and oxygen atoms in total. The molecule has 5 saturated heterocycles. The highest BCUT2D eigenvalue weighted by Crippen LogP contribution is 2.46. The summed E-state index contributed by atoms with van der Waals surface area (Å²) in [6, 6.07) is 34.0. The Balaban J connectivity index is 0.000000119. The number of H-pyrrole nitrogens is 2. The van der Waals surface area contributed by atoms with E-state index in [0.29, 0.717) is 171 Å². The van der Waals surface area contributed by atoms with Crippen molar-refractivity contribution in [3.05, 3.63) is 150 Å². The molecule has 5 aliphatic heterocycles. The van der Waals surface area contributed by atoms with Crippen LogP contribution >= 0.6 is 11.6 Å². The van der Waals surface area contributed by atoms with Gasteiger partial charge in [-0.25, -0.2) is 34.3 Å². The highest BCUT2D eigenvalue weighted by atomic mass is 35.5. The van der Waals surface area contributed by atoms with Crippen molar-refractivity contribution in [3.63, 3.8) is 0 Å². The number of carbonyl (C=O) groups is 7. The van der Waals surface area contributed by atoms with Crippen LogP contribution in [0.5, 0.6) is 0 Å². The fraction of sp³-hybridized carbons (Fsp3) is 0.526. The number of aliphatic hydroxyl groups is 1. The summed E-state index contributed by atoms with van der Waals surface area (Å²) in [4.78, 5) is 114. The number of nitrogens with one attached hydrogen (secondary N) is 4. The predicted molar refractivity (Wildman–Crippen MR) is 389 cm³/mol. The highest BCUT2D eigenvalue weighted by molar-refractivity contribution is 6.33. The van der Waals surface area contributed by atoms with E-state index < -0.39 is 0 Å². The summed E-state index contributed by atoms with van der Waals surface area (Å²) >= 11 is 5.73. The van der Waals surface area contributed by atoms with Crippen LogP contribution in [0.15, 0.2) is 128 Å². The van der Waals surface area contributed by atoms with Crippen molar-refractivity contribution in [2.45, 2.75) is 97.6 Å². The number of rotatable bonds is 10. The molecule has 25 heteroatoms. The van der Waals surface area contributed by atoms with Gasteiger partial charge in [-0.1, -0.05) is 123 Å². The van der Waals surface area contributed by atoms with Crippen molar-refractivity contribution in [1.29, 1.82) is 0 Å². The van der Waals surface area contributed by atoms with E-state index in [-0.39, 0.29) is 36.7 Å². The van der Waals surface area contributed by atoms with Crippen LogP contribution in [0.25, 0.3) is 22.1 Å². The van der Waals surface area contributed by atoms with Gasteiger partial charge in [0, 0.05) is 122 Å². The van der Waals surface area contributed by atoms with Crippen LogP contribution in [0.4, 0.5) is 20.2 Å². The summed E-state index contributed by atoms with van der Waals surface area (Å²) < 4.78 is 16.1. The number of likely N-dealkylation sites (tertiary alicyclic amines) is 4. The van der Waals surface area contributed by atoms with E-state index in [9.17, 15) is 33.6 Å². The van der Waals surface area contributed by atoms with Crippen LogP contribution < -0.4 is 15.5 Å². The number of benzene rings is 3. The first-order valence-electron chi connectivity index (χ1n) is 36.5. The van der Waals surface area contributed by atoms with E-state index in [1.54, 1.807) is 22.3 Å². The first-order chi connectivity index (χ1) is 49.9. The van der Waals surface area contributed by atoms with Gasteiger partial charge in [-0.05, 0) is 133 Å². The van der Waals surface area contributed by atoms with Gasteiger partial charge in [0.1, 0.15) is 78.7 Å². The van der Waals surface area contributed by atoms with Gasteiger partial charge in [0.25, 0.3) is 0 Å². The first kappa shape index (κ1) is 73.9. The molecule has 3 aromatic carbocycles. The van der Waals surface area contributed by atoms with E-state index in [2.05, 4.69) is 66.3 Å². The van der Waals surface area contributed by atoms with Crippen molar-refractivity contribution in [2.24, 2.45) is 76.9 Å². The average molecular weight is 1430 g/mol. The minimum atomic E-state index is -0.385. The zero-order valence-corrected chi connectivity index (χ0v) is 60.3. The fourth-order valence-electron chi connectivity index (χ4n) is 17.7. The summed E-state index contributed by atoms with van der Waals surface area (Å²) in [5.74, 6) is 8.18. The molecule has 548 valence electrons. The molecule has 17 rings (SSSR count). The standard InChI is InChI=1S/C17H23N5O2.C17H24N2O2.C16H19NO3.C15H17NO3.C7H11NO.C6H4ClN3/c1-10-13-7-22(15(24)8-23)6-11(13)5-14(10)21(2)17-12-3-4-18-16(12)19-9-20-17;1-12-15-10-19(9-14(15)8-16(12)18-2)17(20)21-11-13-6-4-3-5-7-13;1-11-14-9-17(8-13(14)7-15(11)18)16(19)20-10-12-5-3-2-4-6-12;17-14-6-12-8-16(9-13(12)7-14)15(18)19-10-11-4-2-1-3-5-11;9-7-1-5-3-8-4-6(5)2-7;7-5-4-1-2-8-6(4)10-3-9-5/h3-4,9-11,13-14,23H,5-8H2,1-2H3,(H,18,19,20);3-7,12,14-16,18H,8-11H2,1-2H3;2-6,11,13-14H,7-10H2,1H3;1-5,12-13H,6-10H2;5-6,8H,1-4H2;1-3H,(H,8,9,10)/t10-,11-,13-,14+;12-,14-,15-,16-;11-,13-,14-;12-,13+;5-,6+;/m111.../s1. The molecule has 4 amide bonds. The van der Waals surface area contributed by atoms with Gasteiger partial charge in [0.15, 0.2) is 0 Å². The maximum atomic E-state index is 12.2. The Hall–Kier alpha value is -8.84. The van der Waals surface area contributed by atoms with Crippen LogP contribution in [-0.2, 0) is 53.2 Å². The normalized spacial score (nSPS) is 28.1. The van der Waals surface area contributed by atoms with E-state index in [4.69, 9.17) is 30.9 Å². The number of ketones is 3. The highest BCUT2D eigenvalue weighted by Gasteiger charge is 2.50. The largest absolute Gasteiger partial charge is 0.445 e. The summed E-state index contributed by atoms with van der Waals surface area (Å²) in [6.07, 6.45) is 11.8. The number of hydrogen-bond acceptors (Lipinski definition) is 18. The third-order valence-corrected chi connectivity index (χ3v) is 23.8. The number of aliphatic hydroxyl groups excluding tert-OH is 1. The van der Waals surface area contributed by atoms with Crippen molar-refractivity contribution < 1.29 is 52.9 Å². The Morgan fingerprint density at radius 3 is 1.49 bits per heavy atom. The molecule has 4 aromatic heterocycles. The number of anilines is 1. The molecular formula is C78H98ClN13O11. The average Bonchev–Trinajstić information content (AvgIpc) is 1.63. The lowest BCUT2D eigenvalue weighted by Gasteiger charge is -2.31. The second-order valence-electron chi connectivity index (χ2n) is 29.7. The molecule has 5 saturated carbocycles. The number of nitrogens with zero attached hydrogens (tertiary/aromatic N) is 9. The number of aromatic nitrogens is 6. The van der Waals surface area contributed by atoms with Gasteiger partial charge in [0.2, 0.25) is 5.91 Å². The number of halogens is 1. The summed E-state index contributed by atoms with van der Waals surface area (Å²) in [5.41, 5.74) is 4.65. The lowest BCUT2D eigenvalue weighted by molar-refractivity contribution is -0.133. The quantitative estimate of drug-likeness (QED) is 0.0628. The summed E-state index contributed by atoms with van der Waals surface area (Å²) in [7, 11) is 4.14. The SMILES string of the molecule is CN[C@@H]1C[C@@H]2CN(C(=O)OCc3ccccc3)C[C@@H]2[C@H]1C.C[C@@H]1[C@H]2CN(C(=O)CO)C[C@H]2C[C@@H]1N(C)c1ncnc2[nH]ccc12.C[C@H]1C(=O)C[C@@H]2CN(C(=O)OCc3ccccc3)C[C@@H]21.Clc1ncnc2[nH]ccc12.O=C1C[C@@H]2CN(C(=O)OCc3ccccc3)C[C@@H]2C1.O=C1C[C@H]2CNC[C@H]2C1. The van der Waals surface area contributed by atoms with Gasteiger partial charge in [0.05, 0.1) is 10.8 Å². The number of fused-ring (bicyclic) bond motifs is 7. The molecule has 10 aliphatic rings. The van der Waals surface area contributed by atoms with Gasteiger partial charge >= 0.3 is 18.3 Å². The van der Waals surface area contributed by atoms with Gasteiger partial charge in [-0.3, -0.25) is 19.2 Å². The molecule has 0 spiro atoms. The third kappa shape index (κ3) is 17.9. The monoisotopic (exact) mass is 1430 g/mol. The Morgan fingerprint density at radius 2 is 0.981 bits per heavy atom. The second-order valence-corrected chi connectivity index (χ2v) is 30.1. The van der Waals surface area contributed by atoms with Crippen LogP contribution in [0.2, 0.25) is 5.15 Å². The van der Waals surface area contributed by atoms with Crippen LogP contribution in [0.3, 0.4) is 0 Å². The van der Waals surface area contributed by atoms with Crippen LogP contribution in [-0.4, -0.2) is 194 Å². The smallest absolute Gasteiger partial charge is 0.410 e. The molecule has 5 N–H and O–H groups in total.